The monoisotopic (exact) mass is 529 g/mol. The summed E-state index contributed by atoms with van der Waals surface area (Å²) >= 11 is 0. The van der Waals surface area contributed by atoms with Crippen molar-refractivity contribution in [1.82, 2.24) is 5.32 Å². The molecule has 210 valence electrons. The molecule has 0 saturated carbocycles. The molecule has 10 N–H and O–H groups in total. The summed E-state index contributed by atoms with van der Waals surface area (Å²) in [4.78, 5) is 12.0. The normalized spacial score (nSPS) is 50.0. The van der Waals surface area contributed by atoms with Crippen LogP contribution in [0.4, 0.5) is 0 Å². The quantitative estimate of drug-likeness (QED) is 0.147. The summed E-state index contributed by atoms with van der Waals surface area (Å²) in [5.41, 5.74) is 0. The van der Waals surface area contributed by atoms with Crippen LogP contribution < -0.4 is 5.32 Å². The fourth-order valence-electron chi connectivity index (χ4n) is 4.40. The Kier molecular flexibility index (Phi) is 9.97. The van der Waals surface area contributed by atoms with E-state index in [4.69, 9.17) is 23.7 Å². The Morgan fingerprint density at radius 3 is 1.86 bits per heavy atom. The summed E-state index contributed by atoms with van der Waals surface area (Å²) in [6.45, 7) is 1.01. The molecule has 0 radical (unpaired) electrons. The van der Waals surface area contributed by atoms with E-state index in [0.717, 1.165) is 6.92 Å². The number of amides is 1. The van der Waals surface area contributed by atoms with Crippen LogP contribution in [0, 0.1) is 0 Å². The SMILES string of the molecule is CC(=O)N[C@H]1[C@H](O[C@@H]2[C@@H](O)[C@H](O)O[C@H](CO)[C@@H]2O)O[C@H](CO)[C@@H](O)[C@@H]1O[C@H]1O[C@H](C)[C@H](O)[C@H](O)[C@H]1O. The zero-order valence-corrected chi connectivity index (χ0v) is 19.5. The van der Waals surface area contributed by atoms with E-state index in [-0.39, 0.29) is 0 Å². The second-order valence-electron chi connectivity index (χ2n) is 9.05. The largest absolute Gasteiger partial charge is 0.394 e. The minimum Gasteiger partial charge on any atom is -0.394 e. The van der Waals surface area contributed by atoms with Gasteiger partial charge in [-0.05, 0) is 6.92 Å². The molecule has 0 aromatic heterocycles. The molecule has 0 aliphatic carbocycles. The summed E-state index contributed by atoms with van der Waals surface area (Å²) in [5.74, 6) is -0.657. The first-order valence-corrected chi connectivity index (χ1v) is 11.4. The predicted octanol–water partition coefficient (Wildman–Crippen LogP) is -6.40. The van der Waals surface area contributed by atoms with Crippen molar-refractivity contribution in [2.75, 3.05) is 13.2 Å². The lowest BCUT2D eigenvalue weighted by atomic mass is 9.94. The molecule has 16 nitrogen and oxygen atoms in total. The van der Waals surface area contributed by atoms with Crippen molar-refractivity contribution in [3.63, 3.8) is 0 Å². The van der Waals surface area contributed by atoms with Gasteiger partial charge in [0, 0.05) is 6.92 Å². The maximum atomic E-state index is 12.0. The van der Waals surface area contributed by atoms with E-state index in [1.54, 1.807) is 0 Å². The number of carbonyl (C=O) groups excluding carboxylic acids is 1. The predicted molar refractivity (Wildman–Crippen MR) is 111 cm³/mol. The molecule has 0 unspecified atom stereocenters. The summed E-state index contributed by atoms with van der Waals surface area (Å²) in [6, 6.07) is -1.41. The Balaban J connectivity index is 1.89. The summed E-state index contributed by atoms with van der Waals surface area (Å²) in [7, 11) is 0. The Bertz CT molecular complexity index is 731. The summed E-state index contributed by atoms with van der Waals surface area (Å²) in [5, 5.41) is 93.5. The molecule has 0 aromatic carbocycles. The van der Waals surface area contributed by atoms with Crippen LogP contribution in [-0.4, -0.2) is 157 Å². The number of rotatable bonds is 7. The molecule has 0 aromatic rings. The van der Waals surface area contributed by atoms with Crippen molar-refractivity contribution in [3.8, 4) is 0 Å². The smallest absolute Gasteiger partial charge is 0.217 e. The summed E-state index contributed by atoms with van der Waals surface area (Å²) < 4.78 is 27.3. The number of aliphatic hydroxyl groups is 9. The molecule has 36 heavy (non-hydrogen) atoms. The van der Waals surface area contributed by atoms with Crippen LogP contribution in [-0.2, 0) is 28.5 Å². The van der Waals surface area contributed by atoms with E-state index >= 15 is 0 Å². The summed E-state index contributed by atoms with van der Waals surface area (Å²) in [6.07, 6.45) is -22.0. The number of hydrogen-bond donors (Lipinski definition) is 10. The van der Waals surface area contributed by atoms with E-state index in [9.17, 15) is 50.8 Å². The molecule has 0 bridgehead atoms. The number of ether oxygens (including phenoxy) is 5. The average molecular weight is 529 g/mol. The first kappa shape index (κ1) is 29.5. The maximum Gasteiger partial charge on any atom is 0.217 e. The lowest BCUT2D eigenvalue weighted by Gasteiger charge is -2.49. The Labute approximate surface area is 205 Å². The molecule has 3 fully saturated rings. The number of nitrogens with one attached hydrogen (secondary N) is 1. The zero-order chi connectivity index (χ0) is 26.9. The molecular formula is C20H35NO15. The molecule has 3 aliphatic heterocycles. The number of aliphatic hydroxyl groups excluding tert-OH is 9. The van der Waals surface area contributed by atoms with Gasteiger partial charge in [-0.1, -0.05) is 0 Å². The third-order valence-corrected chi connectivity index (χ3v) is 6.45. The van der Waals surface area contributed by atoms with Gasteiger partial charge in [0.25, 0.3) is 0 Å². The highest BCUT2D eigenvalue weighted by Gasteiger charge is 2.53. The minimum absolute atomic E-state index is 0.657. The molecule has 15 atom stereocenters. The highest BCUT2D eigenvalue weighted by Crippen LogP contribution is 2.32. The van der Waals surface area contributed by atoms with Gasteiger partial charge in [0.2, 0.25) is 5.91 Å². The van der Waals surface area contributed by atoms with E-state index in [0.29, 0.717) is 0 Å². The van der Waals surface area contributed by atoms with E-state index < -0.39 is 111 Å². The van der Waals surface area contributed by atoms with Gasteiger partial charge in [-0.2, -0.15) is 0 Å². The highest BCUT2D eigenvalue weighted by molar-refractivity contribution is 5.73. The Morgan fingerprint density at radius 2 is 1.28 bits per heavy atom. The van der Waals surface area contributed by atoms with Crippen molar-refractivity contribution in [2.45, 2.75) is 106 Å². The second kappa shape index (κ2) is 12.2. The number of hydrogen-bond acceptors (Lipinski definition) is 15. The van der Waals surface area contributed by atoms with Gasteiger partial charge in [0.05, 0.1) is 19.3 Å². The van der Waals surface area contributed by atoms with Gasteiger partial charge in [-0.3, -0.25) is 4.79 Å². The van der Waals surface area contributed by atoms with Crippen LogP contribution in [0.2, 0.25) is 0 Å². The highest BCUT2D eigenvalue weighted by atomic mass is 16.7. The molecule has 3 rings (SSSR count). The van der Waals surface area contributed by atoms with Gasteiger partial charge in [0.1, 0.15) is 67.1 Å². The van der Waals surface area contributed by atoms with Crippen molar-refractivity contribution >= 4 is 5.91 Å². The van der Waals surface area contributed by atoms with Crippen LogP contribution in [0.5, 0.6) is 0 Å². The van der Waals surface area contributed by atoms with Gasteiger partial charge in [-0.25, -0.2) is 0 Å². The van der Waals surface area contributed by atoms with Crippen molar-refractivity contribution in [1.29, 1.82) is 0 Å². The Hall–Kier alpha value is -1.09. The molecule has 1 amide bonds. The van der Waals surface area contributed by atoms with Crippen molar-refractivity contribution in [2.24, 2.45) is 0 Å². The van der Waals surface area contributed by atoms with Crippen LogP contribution in [0.15, 0.2) is 0 Å². The standard InChI is InChI=1S/C20H35NO15/c1-5-10(25)13(28)14(29)20(32-5)35-16-9(21-6(2)24)19(34-8(4-23)11(16)26)36-17-12(27)7(3-22)33-18(31)15(17)30/h5,7-20,22-23,25-31H,3-4H2,1-2H3,(H,21,24)/t5-,7-,8-,9-,10+,11-,12+,13+,14-,15-,16-,17+,18-,19+,20-/m1/s1. The number of carbonyl (C=O) groups is 1. The van der Waals surface area contributed by atoms with Gasteiger partial charge < -0.3 is 75.0 Å². The molecular weight excluding hydrogens is 494 g/mol. The van der Waals surface area contributed by atoms with Crippen LogP contribution >= 0.6 is 0 Å². The minimum atomic E-state index is -1.86. The van der Waals surface area contributed by atoms with Gasteiger partial charge >= 0.3 is 0 Å². The zero-order valence-electron chi connectivity index (χ0n) is 19.5. The van der Waals surface area contributed by atoms with Crippen molar-refractivity contribution in [3.05, 3.63) is 0 Å². The third kappa shape index (κ3) is 5.97. The van der Waals surface area contributed by atoms with Crippen LogP contribution in [0.25, 0.3) is 0 Å². The van der Waals surface area contributed by atoms with Gasteiger partial charge in [0.15, 0.2) is 18.9 Å². The first-order chi connectivity index (χ1) is 16.9. The van der Waals surface area contributed by atoms with Gasteiger partial charge in [-0.15, -0.1) is 0 Å². The van der Waals surface area contributed by atoms with E-state index in [1.807, 2.05) is 0 Å². The first-order valence-electron chi connectivity index (χ1n) is 11.4. The topological polar surface area (TPSA) is 257 Å². The Morgan fingerprint density at radius 1 is 0.722 bits per heavy atom. The fourth-order valence-corrected chi connectivity index (χ4v) is 4.40. The molecule has 3 saturated heterocycles. The molecule has 0 spiro atoms. The molecule has 3 heterocycles. The van der Waals surface area contributed by atoms with E-state index in [2.05, 4.69) is 5.32 Å². The maximum absolute atomic E-state index is 12.0. The lowest BCUT2D eigenvalue weighted by molar-refractivity contribution is -0.362. The molecule has 16 heteroatoms. The average Bonchev–Trinajstić information content (AvgIpc) is 2.83. The lowest BCUT2D eigenvalue weighted by Crippen LogP contribution is -2.69. The van der Waals surface area contributed by atoms with Crippen LogP contribution in [0.3, 0.4) is 0 Å². The molecule has 3 aliphatic rings. The van der Waals surface area contributed by atoms with Crippen LogP contribution in [0.1, 0.15) is 13.8 Å². The van der Waals surface area contributed by atoms with Crippen molar-refractivity contribution < 1.29 is 74.4 Å². The van der Waals surface area contributed by atoms with E-state index in [1.165, 1.54) is 6.92 Å². The third-order valence-electron chi connectivity index (χ3n) is 6.45. The second-order valence-corrected chi connectivity index (χ2v) is 9.05. The fraction of sp³-hybridized carbons (Fsp3) is 0.950.